The fourth-order valence-corrected chi connectivity index (χ4v) is 2.34. The summed E-state index contributed by atoms with van der Waals surface area (Å²) < 4.78 is 0. The average Bonchev–Trinajstić information content (AvgIpc) is 2.28. The summed E-state index contributed by atoms with van der Waals surface area (Å²) in [5, 5.41) is 8.93. The summed E-state index contributed by atoms with van der Waals surface area (Å²) in [4.78, 5) is 11.5. The zero-order chi connectivity index (χ0) is 12.1. The zero-order valence-corrected chi connectivity index (χ0v) is 11.0. The predicted octanol–water partition coefficient (Wildman–Crippen LogP) is 3.09. The molecule has 84 valence electrons. The Labute approximate surface area is 104 Å². The first-order valence-electron chi connectivity index (χ1n) is 5.22. The summed E-state index contributed by atoms with van der Waals surface area (Å²) in [7, 11) is 0. The van der Waals surface area contributed by atoms with Gasteiger partial charge in [-0.15, -0.1) is 0 Å². The van der Waals surface area contributed by atoms with Crippen LogP contribution < -0.4 is 0 Å². The fraction of sp³-hybridized carbons (Fsp3) is 0.385. The first-order chi connectivity index (χ1) is 7.56. The van der Waals surface area contributed by atoms with Gasteiger partial charge >= 0.3 is 0 Å². The molecule has 0 aliphatic rings. The second kappa shape index (κ2) is 5.81. The molecule has 2 nitrogen and oxygen atoms in total. The second-order valence-corrected chi connectivity index (χ2v) is 5.10. The third-order valence-corrected chi connectivity index (χ3v) is 3.19. The Kier molecular flexibility index (Phi) is 4.70. The van der Waals surface area contributed by atoms with Crippen LogP contribution in [0.2, 0.25) is 0 Å². The van der Waals surface area contributed by atoms with E-state index in [-0.39, 0.29) is 16.5 Å². The minimum atomic E-state index is -0.206. The number of nitriles is 1. The van der Waals surface area contributed by atoms with Crippen LogP contribution >= 0.6 is 15.9 Å². The minimum absolute atomic E-state index is 0.0126. The fourth-order valence-electron chi connectivity index (χ4n) is 1.46. The molecule has 0 saturated carbocycles. The standard InChI is InChI=1S/C13H14BrNO/c1-9(2)13(16)12(14)7-10-5-3-4-6-11(10)8-15/h3-6,9,12H,7H2,1-2H3. The number of ketones is 1. The molecule has 1 rings (SSSR count). The lowest BCUT2D eigenvalue weighted by Gasteiger charge is -2.12. The molecule has 0 aliphatic heterocycles. The van der Waals surface area contributed by atoms with E-state index in [0.29, 0.717) is 12.0 Å². The van der Waals surface area contributed by atoms with Crippen LogP contribution in [0.25, 0.3) is 0 Å². The van der Waals surface area contributed by atoms with Crippen LogP contribution in [0.1, 0.15) is 25.0 Å². The van der Waals surface area contributed by atoms with Gasteiger partial charge in [0.05, 0.1) is 16.5 Å². The Balaban J connectivity index is 2.81. The van der Waals surface area contributed by atoms with Crippen LogP contribution in [-0.2, 0) is 11.2 Å². The van der Waals surface area contributed by atoms with Crippen molar-refractivity contribution in [2.24, 2.45) is 5.92 Å². The van der Waals surface area contributed by atoms with Gasteiger partial charge in [-0.3, -0.25) is 4.79 Å². The molecule has 0 bridgehead atoms. The van der Waals surface area contributed by atoms with Gasteiger partial charge in [-0.1, -0.05) is 48.0 Å². The molecule has 0 N–H and O–H groups in total. The molecule has 1 unspecified atom stereocenters. The van der Waals surface area contributed by atoms with Crippen LogP contribution in [0.4, 0.5) is 0 Å². The molecule has 1 aromatic carbocycles. The Morgan fingerprint density at radius 1 is 1.44 bits per heavy atom. The van der Waals surface area contributed by atoms with Crippen LogP contribution in [-0.4, -0.2) is 10.6 Å². The topological polar surface area (TPSA) is 40.9 Å². The third-order valence-electron chi connectivity index (χ3n) is 2.41. The van der Waals surface area contributed by atoms with Crippen molar-refractivity contribution in [1.82, 2.24) is 0 Å². The molecule has 0 fully saturated rings. The summed E-state index contributed by atoms with van der Waals surface area (Å²) in [6.07, 6.45) is 0.570. The van der Waals surface area contributed by atoms with Gasteiger partial charge in [0.25, 0.3) is 0 Å². The molecule has 1 aromatic rings. The smallest absolute Gasteiger partial charge is 0.149 e. The molecule has 16 heavy (non-hydrogen) atoms. The van der Waals surface area contributed by atoms with Gasteiger partial charge < -0.3 is 0 Å². The maximum Gasteiger partial charge on any atom is 0.149 e. The maximum atomic E-state index is 11.7. The maximum absolute atomic E-state index is 11.7. The van der Waals surface area contributed by atoms with E-state index in [1.807, 2.05) is 32.0 Å². The molecule has 0 spiro atoms. The van der Waals surface area contributed by atoms with Gasteiger partial charge in [-0.2, -0.15) is 5.26 Å². The highest BCUT2D eigenvalue weighted by molar-refractivity contribution is 9.10. The number of carbonyl (C=O) groups is 1. The van der Waals surface area contributed by atoms with Gasteiger partial charge in [0, 0.05) is 5.92 Å². The minimum Gasteiger partial charge on any atom is -0.298 e. The summed E-state index contributed by atoms with van der Waals surface area (Å²) in [5.41, 5.74) is 1.56. The van der Waals surface area contributed by atoms with Crippen molar-refractivity contribution < 1.29 is 4.79 Å². The lowest BCUT2D eigenvalue weighted by molar-refractivity contribution is -0.121. The zero-order valence-electron chi connectivity index (χ0n) is 9.40. The number of benzene rings is 1. The van der Waals surface area contributed by atoms with E-state index in [0.717, 1.165) is 5.56 Å². The van der Waals surface area contributed by atoms with Crippen molar-refractivity contribution in [3.63, 3.8) is 0 Å². The number of Topliss-reactive ketones (excluding diaryl/α,β-unsaturated/α-hetero) is 1. The van der Waals surface area contributed by atoms with E-state index < -0.39 is 0 Å². The summed E-state index contributed by atoms with van der Waals surface area (Å²) in [6.45, 7) is 3.76. The molecule has 0 saturated heterocycles. The average molecular weight is 280 g/mol. The van der Waals surface area contributed by atoms with E-state index >= 15 is 0 Å². The van der Waals surface area contributed by atoms with Gasteiger partial charge in [0.2, 0.25) is 0 Å². The SMILES string of the molecule is CC(C)C(=O)C(Br)Cc1ccccc1C#N. The summed E-state index contributed by atoms with van der Waals surface area (Å²) in [6, 6.07) is 9.51. The first-order valence-corrected chi connectivity index (χ1v) is 6.13. The largest absolute Gasteiger partial charge is 0.298 e. The second-order valence-electron chi connectivity index (χ2n) is 4.00. The first kappa shape index (κ1) is 12.9. The number of hydrogen-bond acceptors (Lipinski definition) is 2. The van der Waals surface area contributed by atoms with E-state index in [1.165, 1.54) is 0 Å². The van der Waals surface area contributed by atoms with Gasteiger partial charge in [-0.25, -0.2) is 0 Å². The molecule has 3 heteroatoms. The van der Waals surface area contributed by atoms with Crippen LogP contribution in [0.5, 0.6) is 0 Å². The van der Waals surface area contributed by atoms with Crippen molar-refractivity contribution in [3.05, 3.63) is 35.4 Å². The van der Waals surface area contributed by atoms with Crippen molar-refractivity contribution in [3.8, 4) is 6.07 Å². The quantitative estimate of drug-likeness (QED) is 0.795. The molecule has 0 heterocycles. The van der Waals surface area contributed by atoms with Crippen molar-refractivity contribution >= 4 is 21.7 Å². The van der Waals surface area contributed by atoms with E-state index in [4.69, 9.17) is 5.26 Å². The molecule has 0 aromatic heterocycles. The number of rotatable bonds is 4. The molecule has 1 atom stereocenters. The Bertz CT molecular complexity index is 420. The normalized spacial score (nSPS) is 12.2. The Morgan fingerprint density at radius 2 is 2.06 bits per heavy atom. The number of nitrogens with zero attached hydrogens (tertiary/aromatic N) is 1. The lowest BCUT2D eigenvalue weighted by atomic mass is 9.98. The Morgan fingerprint density at radius 3 is 2.62 bits per heavy atom. The van der Waals surface area contributed by atoms with Crippen LogP contribution in [0.3, 0.4) is 0 Å². The Hall–Kier alpha value is -1.14. The predicted molar refractivity (Wildman–Crippen MR) is 67.4 cm³/mol. The van der Waals surface area contributed by atoms with Crippen molar-refractivity contribution in [2.75, 3.05) is 0 Å². The third kappa shape index (κ3) is 3.18. The van der Waals surface area contributed by atoms with Gasteiger partial charge in [0.15, 0.2) is 0 Å². The van der Waals surface area contributed by atoms with E-state index in [2.05, 4.69) is 22.0 Å². The van der Waals surface area contributed by atoms with E-state index in [1.54, 1.807) is 6.07 Å². The molecule has 0 aliphatic carbocycles. The molecule has 0 radical (unpaired) electrons. The highest BCUT2D eigenvalue weighted by Gasteiger charge is 2.19. The van der Waals surface area contributed by atoms with Crippen molar-refractivity contribution in [1.29, 1.82) is 5.26 Å². The molecule has 0 amide bonds. The van der Waals surface area contributed by atoms with Gasteiger partial charge in [0.1, 0.15) is 5.78 Å². The van der Waals surface area contributed by atoms with E-state index in [9.17, 15) is 4.79 Å². The highest BCUT2D eigenvalue weighted by Crippen LogP contribution is 2.17. The number of alkyl halides is 1. The van der Waals surface area contributed by atoms with Crippen LogP contribution in [0, 0.1) is 17.2 Å². The van der Waals surface area contributed by atoms with Gasteiger partial charge in [-0.05, 0) is 18.1 Å². The monoisotopic (exact) mass is 279 g/mol. The highest BCUT2D eigenvalue weighted by atomic mass is 79.9. The lowest BCUT2D eigenvalue weighted by Crippen LogP contribution is -2.22. The number of halogens is 1. The summed E-state index contributed by atoms with van der Waals surface area (Å²) in [5.74, 6) is 0.186. The molecular weight excluding hydrogens is 266 g/mol. The summed E-state index contributed by atoms with van der Waals surface area (Å²) >= 11 is 3.38. The number of carbonyl (C=O) groups excluding carboxylic acids is 1. The number of hydrogen-bond donors (Lipinski definition) is 0. The van der Waals surface area contributed by atoms with Crippen molar-refractivity contribution in [2.45, 2.75) is 25.1 Å². The van der Waals surface area contributed by atoms with Crippen LogP contribution in [0.15, 0.2) is 24.3 Å². The molecular formula is C13H14BrNO.